The summed E-state index contributed by atoms with van der Waals surface area (Å²) in [5, 5.41) is 17.3. The van der Waals surface area contributed by atoms with Crippen molar-refractivity contribution in [2.45, 2.75) is 69.5 Å². The quantitative estimate of drug-likeness (QED) is 0.322. The number of amides is 3. The average Bonchev–Trinajstić information content (AvgIpc) is 3.30. The van der Waals surface area contributed by atoms with Crippen LogP contribution in [0.25, 0.3) is 0 Å². The van der Waals surface area contributed by atoms with Crippen molar-refractivity contribution in [1.29, 1.82) is 0 Å². The maximum Gasteiger partial charge on any atom is 0.254 e. The number of benzene rings is 3. The van der Waals surface area contributed by atoms with Crippen LogP contribution in [0.1, 0.15) is 42.5 Å². The Kier molecular flexibility index (Phi) is 10.2. The highest BCUT2D eigenvalue weighted by Crippen LogP contribution is 2.40. The van der Waals surface area contributed by atoms with Gasteiger partial charge in [-0.05, 0) is 55.9 Å². The van der Waals surface area contributed by atoms with Crippen LogP contribution in [0.4, 0.5) is 0 Å². The summed E-state index contributed by atoms with van der Waals surface area (Å²) >= 11 is 1.50. The number of carbonyl (C=O) groups is 3. The molecule has 1 saturated heterocycles. The number of nitrogens with one attached hydrogen (secondary N) is 2. The lowest BCUT2D eigenvalue weighted by Crippen LogP contribution is -2.58. The van der Waals surface area contributed by atoms with E-state index in [2.05, 4.69) is 10.6 Å². The van der Waals surface area contributed by atoms with Crippen LogP contribution in [0.3, 0.4) is 0 Å². The number of hydrogen-bond acceptors (Lipinski definition) is 5. The van der Waals surface area contributed by atoms with Crippen LogP contribution in [0.15, 0.2) is 84.9 Å². The van der Waals surface area contributed by atoms with Crippen molar-refractivity contribution in [2.75, 3.05) is 5.88 Å². The molecule has 0 unspecified atom stereocenters. The molecular formula is C33H39N3O4S. The molecular weight excluding hydrogens is 534 g/mol. The van der Waals surface area contributed by atoms with Crippen LogP contribution in [0.5, 0.6) is 0 Å². The second-order valence-corrected chi connectivity index (χ2v) is 12.6. The van der Waals surface area contributed by atoms with Gasteiger partial charge in [-0.15, -0.1) is 11.8 Å². The summed E-state index contributed by atoms with van der Waals surface area (Å²) in [7, 11) is 0. The van der Waals surface area contributed by atoms with E-state index >= 15 is 0 Å². The number of carbonyl (C=O) groups excluding carboxylic acids is 3. The van der Waals surface area contributed by atoms with Crippen molar-refractivity contribution in [3.8, 4) is 0 Å². The molecule has 0 spiro atoms. The molecule has 3 amide bonds. The Morgan fingerprint density at radius 3 is 2.22 bits per heavy atom. The van der Waals surface area contributed by atoms with Gasteiger partial charge in [0.25, 0.3) is 5.91 Å². The van der Waals surface area contributed by atoms with Gasteiger partial charge in [0.2, 0.25) is 11.8 Å². The summed E-state index contributed by atoms with van der Waals surface area (Å²) in [6.07, 6.45) is -0.460. The van der Waals surface area contributed by atoms with Crippen LogP contribution >= 0.6 is 11.8 Å². The first kappa shape index (κ1) is 30.3. The number of hydrogen-bond donors (Lipinski definition) is 3. The molecule has 216 valence electrons. The molecule has 41 heavy (non-hydrogen) atoms. The molecule has 0 aromatic heterocycles. The fourth-order valence-corrected chi connectivity index (χ4v) is 6.27. The van der Waals surface area contributed by atoms with Crippen molar-refractivity contribution < 1.29 is 19.5 Å². The summed E-state index contributed by atoms with van der Waals surface area (Å²) in [5.41, 5.74) is 4.00. The molecule has 0 bridgehead atoms. The molecule has 8 heteroatoms. The largest absolute Gasteiger partial charge is 0.381 e. The summed E-state index contributed by atoms with van der Waals surface area (Å²) in [6, 6.07) is 25.4. The van der Waals surface area contributed by atoms with Crippen molar-refractivity contribution in [3.63, 3.8) is 0 Å². The van der Waals surface area contributed by atoms with E-state index in [1.165, 1.54) is 16.7 Å². The highest BCUT2D eigenvalue weighted by atomic mass is 32.2. The molecule has 3 aromatic rings. The van der Waals surface area contributed by atoms with Gasteiger partial charge in [0, 0.05) is 17.7 Å². The second-order valence-electron chi connectivity index (χ2n) is 11.0. The molecule has 0 aliphatic carbocycles. The third kappa shape index (κ3) is 7.99. The zero-order chi connectivity index (χ0) is 29.4. The summed E-state index contributed by atoms with van der Waals surface area (Å²) < 4.78 is -0.556. The van der Waals surface area contributed by atoms with Crippen molar-refractivity contribution >= 4 is 29.5 Å². The second kappa shape index (κ2) is 13.8. The van der Waals surface area contributed by atoms with Gasteiger partial charge in [0.05, 0.1) is 11.9 Å². The minimum atomic E-state index is -1.52. The zero-order valence-electron chi connectivity index (χ0n) is 23.9. The molecule has 3 aromatic carbocycles. The molecule has 7 nitrogen and oxygen atoms in total. The lowest BCUT2D eigenvalue weighted by atomic mass is 9.97. The van der Waals surface area contributed by atoms with Crippen LogP contribution in [-0.4, -0.2) is 56.5 Å². The van der Waals surface area contributed by atoms with Gasteiger partial charge in [-0.3, -0.25) is 14.4 Å². The molecule has 1 aliphatic rings. The van der Waals surface area contributed by atoms with E-state index in [0.29, 0.717) is 13.0 Å². The first-order chi connectivity index (χ1) is 19.7. The van der Waals surface area contributed by atoms with E-state index in [1.54, 1.807) is 0 Å². The fraction of sp³-hybridized carbons (Fsp3) is 0.364. The van der Waals surface area contributed by atoms with Gasteiger partial charge >= 0.3 is 0 Å². The Morgan fingerprint density at radius 2 is 1.56 bits per heavy atom. The van der Waals surface area contributed by atoms with Crippen LogP contribution in [0, 0.1) is 6.92 Å². The minimum Gasteiger partial charge on any atom is -0.381 e. The zero-order valence-corrected chi connectivity index (χ0v) is 24.7. The Hall–Kier alpha value is -3.62. The lowest BCUT2D eigenvalue weighted by Gasteiger charge is -2.33. The maximum atomic E-state index is 13.8. The monoisotopic (exact) mass is 573 g/mol. The van der Waals surface area contributed by atoms with Gasteiger partial charge in [-0.25, -0.2) is 0 Å². The molecule has 1 heterocycles. The van der Waals surface area contributed by atoms with Gasteiger partial charge in [-0.1, -0.05) is 84.9 Å². The van der Waals surface area contributed by atoms with E-state index in [-0.39, 0.29) is 30.5 Å². The highest BCUT2D eigenvalue weighted by molar-refractivity contribution is 8.00. The molecule has 4 rings (SSSR count). The van der Waals surface area contributed by atoms with E-state index in [1.807, 2.05) is 106 Å². The van der Waals surface area contributed by atoms with E-state index in [0.717, 1.165) is 22.3 Å². The first-order valence-electron chi connectivity index (χ1n) is 14.0. The van der Waals surface area contributed by atoms with Crippen LogP contribution < -0.4 is 10.6 Å². The number of aliphatic hydroxyl groups is 1. The standard InChI is InChI=1S/C33H39N3O4S/c1-23-12-10-11-17-26(23)21-34-31(39)30-33(2,3)41-22-36(30)32(40)29(38)27(20-25-15-8-5-9-16-25)35-28(37)19-18-24-13-6-4-7-14-24/h4-17,27,29-30,38H,18-22H2,1-3H3,(H,34,39)(H,35,37)/t27-,29-,30+/m0/s1. The minimum absolute atomic E-state index is 0.229. The fourth-order valence-electron chi connectivity index (χ4n) is 5.13. The van der Waals surface area contributed by atoms with Crippen LogP contribution in [-0.2, 0) is 33.8 Å². The predicted molar refractivity (Wildman–Crippen MR) is 163 cm³/mol. The predicted octanol–water partition coefficient (Wildman–Crippen LogP) is 4.01. The molecule has 0 radical (unpaired) electrons. The van der Waals surface area contributed by atoms with E-state index in [9.17, 15) is 19.5 Å². The maximum absolute atomic E-state index is 13.8. The SMILES string of the molecule is Cc1ccccc1CNC(=O)[C@H]1N(C(=O)[C@@H](O)[C@H](Cc2ccccc2)NC(=O)CCc2ccccc2)CSC1(C)C. The number of thioether (sulfide) groups is 1. The Balaban J connectivity index is 1.48. The first-order valence-corrected chi connectivity index (χ1v) is 15.0. The smallest absolute Gasteiger partial charge is 0.254 e. The van der Waals surface area contributed by atoms with E-state index < -0.39 is 28.8 Å². The number of rotatable bonds is 11. The third-order valence-electron chi connectivity index (χ3n) is 7.55. The van der Waals surface area contributed by atoms with Gasteiger partial charge in [-0.2, -0.15) is 0 Å². The number of nitrogens with zero attached hydrogens (tertiary/aromatic N) is 1. The molecule has 0 saturated carbocycles. The summed E-state index contributed by atoms with van der Waals surface area (Å²) in [4.78, 5) is 41.7. The van der Waals surface area contributed by atoms with Crippen LogP contribution in [0.2, 0.25) is 0 Å². The van der Waals surface area contributed by atoms with Gasteiger partial charge in [0.15, 0.2) is 6.10 Å². The number of aryl methyl sites for hydroxylation is 2. The third-order valence-corrected chi connectivity index (χ3v) is 8.93. The molecule has 1 aliphatic heterocycles. The molecule has 3 N–H and O–H groups in total. The van der Waals surface area contributed by atoms with Crippen molar-refractivity contribution in [2.24, 2.45) is 0 Å². The highest BCUT2D eigenvalue weighted by Gasteiger charge is 2.49. The lowest BCUT2D eigenvalue weighted by molar-refractivity contribution is -0.147. The normalized spacial score (nSPS) is 17.5. The molecule has 3 atom stereocenters. The Bertz CT molecular complexity index is 1330. The van der Waals surface area contributed by atoms with E-state index in [4.69, 9.17) is 0 Å². The van der Waals surface area contributed by atoms with Crippen molar-refractivity contribution in [3.05, 3.63) is 107 Å². The van der Waals surface area contributed by atoms with Crippen molar-refractivity contribution in [1.82, 2.24) is 15.5 Å². The summed E-state index contributed by atoms with van der Waals surface area (Å²) in [6.45, 7) is 6.20. The Labute approximate surface area is 246 Å². The summed E-state index contributed by atoms with van der Waals surface area (Å²) in [5.74, 6) is -0.810. The number of aliphatic hydroxyl groups excluding tert-OH is 1. The topological polar surface area (TPSA) is 98.7 Å². The van der Waals surface area contributed by atoms with Gasteiger partial charge < -0.3 is 20.6 Å². The molecule has 1 fully saturated rings. The Morgan fingerprint density at radius 1 is 0.951 bits per heavy atom. The average molecular weight is 574 g/mol. The van der Waals surface area contributed by atoms with Gasteiger partial charge in [0.1, 0.15) is 6.04 Å².